The van der Waals surface area contributed by atoms with Crippen LogP contribution in [0.1, 0.15) is 25.3 Å². The van der Waals surface area contributed by atoms with Gasteiger partial charge in [-0.05, 0) is 27.1 Å². The zero-order chi connectivity index (χ0) is 34.2. The number of hydrogen-bond acceptors (Lipinski definition) is 17. The molecule has 0 saturated carbocycles. The minimum Gasteiger partial charge on any atom is -0.394 e. The van der Waals surface area contributed by atoms with E-state index in [0.717, 1.165) is 0 Å². The summed E-state index contributed by atoms with van der Waals surface area (Å²) in [5.41, 5.74) is 12.1. The van der Waals surface area contributed by atoms with Gasteiger partial charge in [0.15, 0.2) is 28.9 Å². The van der Waals surface area contributed by atoms with Crippen LogP contribution in [0.3, 0.4) is 0 Å². The zero-order valence-electron chi connectivity index (χ0n) is 26.4. The van der Waals surface area contributed by atoms with Crippen molar-refractivity contribution in [2.24, 2.45) is 0 Å². The summed E-state index contributed by atoms with van der Waals surface area (Å²) in [6, 6.07) is 0. The third-order valence-electron chi connectivity index (χ3n) is 8.14. The highest BCUT2D eigenvalue weighted by Crippen LogP contribution is 2.49. The number of anilines is 2. The van der Waals surface area contributed by atoms with E-state index in [4.69, 9.17) is 34.7 Å². The van der Waals surface area contributed by atoms with Crippen molar-refractivity contribution in [3.63, 3.8) is 0 Å². The average Bonchev–Trinajstić information content (AvgIpc) is 3.82. The summed E-state index contributed by atoms with van der Waals surface area (Å²) in [6.07, 6.45) is -1.79. The molecule has 6 rings (SSSR count). The molecule has 0 aromatic carbocycles. The van der Waals surface area contributed by atoms with E-state index in [1.165, 1.54) is 30.7 Å². The predicted molar refractivity (Wildman–Crippen MR) is 168 cm³/mol. The van der Waals surface area contributed by atoms with Crippen molar-refractivity contribution >= 4 is 41.8 Å². The van der Waals surface area contributed by atoms with Crippen LogP contribution in [-0.2, 0) is 27.8 Å². The average molecular weight is 695 g/mol. The topological polar surface area (TPSA) is 278 Å². The Bertz CT molecular complexity index is 1830. The summed E-state index contributed by atoms with van der Waals surface area (Å²) in [4.78, 5) is 37.4. The lowest BCUT2D eigenvalue weighted by Crippen LogP contribution is -2.36. The molecule has 2 fully saturated rings. The van der Waals surface area contributed by atoms with E-state index in [0.29, 0.717) is 24.1 Å². The van der Waals surface area contributed by atoms with E-state index in [-0.39, 0.29) is 42.5 Å². The van der Waals surface area contributed by atoms with Gasteiger partial charge >= 0.3 is 7.75 Å². The van der Waals surface area contributed by atoms with E-state index in [9.17, 15) is 19.6 Å². The van der Waals surface area contributed by atoms with Gasteiger partial charge in [0.2, 0.25) is 5.95 Å². The first-order valence-electron chi connectivity index (χ1n) is 15.1. The van der Waals surface area contributed by atoms with Gasteiger partial charge in [0.05, 0.1) is 25.9 Å². The molecule has 4 aromatic rings. The molecule has 262 valence electrons. The lowest BCUT2D eigenvalue weighted by Gasteiger charge is -2.26. The van der Waals surface area contributed by atoms with E-state index in [1.54, 1.807) is 4.57 Å². The number of hydrogen-bond donors (Lipinski definition) is 6. The number of nitrogens with one attached hydrogen (secondary N) is 2. The minimum absolute atomic E-state index is 0.0202. The maximum absolute atomic E-state index is 14.3. The number of methoxy groups -OCH3 is 1. The number of aliphatic hydroxyl groups is 2. The number of aromatic amines is 1. The molecule has 2 aliphatic heterocycles. The summed E-state index contributed by atoms with van der Waals surface area (Å²) in [6.45, 7) is 0.134. The Hall–Kier alpha value is -3.63. The molecule has 0 bridgehead atoms. The fourth-order valence-electron chi connectivity index (χ4n) is 5.77. The maximum atomic E-state index is 14.3. The third kappa shape index (κ3) is 6.79. The molecule has 21 nitrogen and oxygen atoms in total. The van der Waals surface area contributed by atoms with Gasteiger partial charge in [-0.3, -0.25) is 28.0 Å². The molecule has 6 heterocycles. The monoisotopic (exact) mass is 694 g/mol. The molecular formula is C26H39N12O9P. The maximum Gasteiger partial charge on any atom is 0.405 e. The van der Waals surface area contributed by atoms with Crippen molar-refractivity contribution < 1.29 is 38.0 Å². The van der Waals surface area contributed by atoms with Gasteiger partial charge in [-0.2, -0.15) is 4.98 Å². The van der Waals surface area contributed by atoms with Crippen LogP contribution in [0, 0.1) is 0 Å². The number of ether oxygens (including phenoxy) is 3. The van der Waals surface area contributed by atoms with Crippen LogP contribution in [-0.4, -0.2) is 132 Å². The second-order valence-electron chi connectivity index (χ2n) is 11.7. The molecule has 8 atom stereocenters. The highest BCUT2D eigenvalue weighted by atomic mass is 31.2. The number of H-pyrrole nitrogens is 1. The predicted octanol–water partition coefficient (Wildman–Crippen LogP) is -1.27. The fraction of sp³-hybridized carbons (Fsp3) is 0.615. The number of fused-ring (bicyclic) bond motifs is 2. The molecule has 0 radical (unpaired) electrons. The standard InChI is InChI=1S/C26H39N12O9P/c1-36(2)6-4-5-33-48(42,47-13-7-16(45-14(13)8-39)37-11-31-17-21(27)29-10-30-22(17)37)44-9-15-19(40)20(43-3)25(46-15)38-12-32-18-23(38)34-26(28)35-24(18)41/h10-16,19-20,25,39-40H,4-9H2,1-3H3,(H,33,42)(H2,27,29,30)(H3,28,34,35,41). The Morgan fingerprint density at radius 2 is 1.90 bits per heavy atom. The molecule has 22 heteroatoms. The molecule has 8 N–H and O–H groups in total. The number of nitrogens with two attached hydrogens (primary N) is 2. The number of rotatable bonds is 14. The Morgan fingerprint density at radius 3 is 2.65 bits per heavy atom. The van der Waals surface area contributed by atoms with Crippen molar-refractivity contribution in [3.05, 3.63) is 29.3 Å². The minimum atomic E-state index is -4.13. The second-order valence-corrected chi connectivity index (χ2v) is 13.4. The Morgan fingerprint density at radius 1 is 1.12 bits per heavy atom. The number of aliphatic hydroxyl groups excluding tert-OH is 2. The van der Waals surface area contributed by atoms with Crippen molar-refractivity contribution in [2.75, 3.05) is 59.0 Å². The zero-order valence-corrected chi connectivity index (χ0v) is 27.3. The third-order valence-corrected chi connectivity index (χ3v) is 9.79. The van der Waals surface area contributed by atoms with E-state index in [1.807, 2.05) is 19.0 Å². The smallest absolute Gasteiger partial charge is 0.394 e. The van der Waals surface area contributed by atoms with Crippen molar-refractivity contribution in [3.8, 4) is 0 Å². The highest BCUT2D eigenvalue weighted by molar-refractivity contribution is 7.51. The van der Waals surface area contributed by atoms with Gasteiger partial charge in [0.25, 0.3) is 5.56 Å². The van der Waals surface area contributed by atoms with E-state index < -0.39 is 62.9 Å². The molecule has 0 amide bonds. The van der Waals surface area contributed by atoms with Gasteiger partial charge in [0, 0.05) is 20.1 Å². The van der Waals surface area contributed by atoms with Crippen LogP contribution in [0.5, 0.6) is 0 Å². The normalized spacial score (nSPS) is 27.4. The molecule has 2 saturated heterocycles. The SMILES string of the molecule is COC1C(O)C(COP(=O)(NCCCN(C)C)OC2CC(n3cnc4c(N)ncnc43)OC2CO)OC1n1cnc2c(=O)[nH]c(N)nc21. The van der Waals surface area contributed by atoms with Crippen LogP contribution in [0.15, 0.2) is 23.8 Å². The molecular weight excluding hydrogens is 655 g/mol. The summed E-state index contributed by atoms with van der Waals surface area (Å²) < 4.78 is 47.1. The Labute approximate surface area is 273 Å². The molecule has 8 unspecified atom stereocenters. The van der Waals surface area contributed by atoms with Crippen molar-refractivity contribution in [1.29, 1.82) is 0 Å². The molecule has 4 aromatic heterocycles. The summed E-state index contributed by atoms with van der Waals surface area (Å²) in [5.74, 6) is 0.0747. The fourth-order valence-corrected chi connectivity index (χ4v) is 7.35. The van der Waals surface area contributed by atoms with Crippen LogP contribution in [0.2, 0.25) is 0 Å². The van der Waals surface area contributed by atoms with Crippen LogP contribution >= 0.6 is 7.75 Å². The quantitative estimate of drug-likeness (QED) is 0.0663. The van der Waals surface area contributed by atoms with Gasteiger partial charge in [0.1, 0.15) is 48.6 Å². The largest absolute Gasteiger partial charge is 0.405 e. The molecule has 2 aliphatic rings. The molecule has 48 heavy (non-hydrogen) atoms. The highest BCUT2D eigenvalue weighted by Gasteiger charge is 2.48. The van der Waals surface area contributed by atoms with Crippen LogP contribution < -0.4 is 22.1 Å². The lowest BCUT2D eigenvalue weighted by molar-refractivity contribution is -0.0597. The summed E-state index contributed by atoms with van der Waals surface area (Å²) >= 11 is 0. The van der Waals surface area contributed by atoms with E-state index >= 15 is 0 Å². The number of nitrogens with zero attached hydrogens (tertiary/aromatic N) is 8. The number of imidazole rings is 2. The van der Waals surface area contributed by atoms with Crippen molar-refractivity contribution in [1.82, 2.24) is 49.0 Å². The van der Waals surface area contributed by atoms with E-state index in [2.05, 4.69) is 35.0 Å². The van der Waals surface area contributed by atoms with Crippen LogP contribution in [0.4, 0.5) is 11.8 Å². The second kappa shape index (κ2) is 14.1. The summed E-state index contributed by atoms with van der Waals surface area (Å²) in [5, 5.41) is 24.2. The molecule has 0 spiro atoms. The van der Waals surface area contributed by atoms with Crippen LogP contribution in [0.25, 0.3) is 22.3 Å². The Kier molecular flexibility index (Phi) is 10.0. The van der Waals surface area contributed by atoms with Gasteiger partial charge < -0.3 is 40.8 Å². The van der Waals surface area contributed by atoms with Gasteiger partial charge in [-0.25, -0.2) is 29.6 Å². The molecule has 0 aliphatic carbocycles. The van der Waals surface area contributed by atoms with Gasteiger partial charge in [-0.1, -0.05) is 0 Å². The number of aromatic nitrogens is 8. The van der Waals surface area contributed by atoms with Crippen molar-refractivity contribution in [2.45, 2.75) is 55.8 Å². The van der Waals surface area contributed by atoms with Gasteiger partial charge in [-0.15, -0.1) is 0 Å². The Balaban J connectivity index is 1.19. The first-order chi connectivity index (χ1) is 23.0. The number of nitrogen functional groups attached to an aromatic ring is 2. The summed E-state index contributed by atoms with van der Waals surface area (Å²) in [7, 11) is 1.08. The first kappa shape index (κ1) is 34.2. The lowest BCUT2D eigenvalue weighted by atomic mass is 10.1. The first-order valence-corrected chi connectivity index (χ1v) is 16.7.